The molecule has 0 amide bonds. The van der Waals surface area contributed by atoms with E-state index in [0.717, 1.165) is 19.5 Å². The van der Waals surface area contributed by atoms with Crippen LogP contribution in [-0.2, 0) is 5.11 Å². The molecule has 0 aromatic carbocycles. The number of rotatable bonds is 1. The fourth-order valence-electron chi connectivity index (χ4n) is 1.07. The summed E-state index contributed by atoms with van der Waals surface area (Å²) >= 11 is 0. The second kappa shape index (κ2) is 3.05. The predicted octanol–water partition coefficient (Wildman–Crippen LogP) is 0.417. The molecule has 1 N–H and O–H groups in total. The topological polar surface area (TPSA) is 31.9 Å². The number of nitrogens with one attached hydrogen (secondary N) is 1. The van der Waals surface area contributed by atoms with Crippen LogP contribution in [0.5, 0.6) is 0 Å². The molecule has 0 bridgehead atoms. The van der Waals surface area contributed by atoms with E-state index in [1.807, 2.05) is 0 Å². The first kappa shape index (κ1) is 6.05. The van der Waals surface area contributed by atoms with Gasteiger partial charge in [0.15, 0.2) is 0 Å². The van der Waals surface area contributed by atoms with Crippen LogP contribution in [0.1, 0.15) is 12.8 Å². The van der Waals surface area contributed by atoms with Crippen LogP contribution in [0.3, 0.4) is 0 Å². The highest BCUT2D eigenvalue weighted by molar-refractivity contribution is 4.66. The van der Waals surface area contributed by atoms with Gasteiger partial charge in [0.25, 0.3) is 0 Å². The molecule has 2 heteroatoms. The maximum absolute atomic E-state index is 10.2. The van der Waals surface area contributed by atoms with Gasteiger partial charge in [-0.15, -0.1) is 0 Å². The number of piperidine rings is 1. The largest absolute Gasteiger partial charge is 0.316 e. The van der Waals surface area contributed by atoms with Gasteiger partial charge in [-0.25, -0.2) is 5.11 Å². The normalized spacial score (nSPS) is 30.4. The van der Waals surface area contributed by atoms with Gasteiger partial charge in [-0.05, 0) is 25.3 Å². The Morgan fingerprint density at radius 1 is 1.62 bits per heavy atom. The van der Waals surface area contributed by atoms with Gasteiger partial charge in [0.1, 0.15) is 0 Å². The van der Waals surface area contributed by atoms with Crippen molar-refractivity contribution in [2.75, 3.05) is 19.7 Å². The summed E-state index contributed by atoms with van der Waals surface area (Å²) < 4.78 is 0. The number of hydrogen-bond donors (Lipinski definition) is 1. The van der Waals surface area contributed by atoms with Crippen molar-refractivity contribution < 1.29 is 5.11 Å². The van der Waals surface area contributed by atoms with Crippen LogP contribution >= 0.6 is 0 Å². The Morgan fingerprint density at radius 2 is 2.50 bits per heavy atom. The van der Waals surface area contributed by atoms with E-state index in [2.05, 4.69) is 5.32 Å². The highest BCUT2D eigenvalue weighted by Gasteiger charge is 2.10. The van der Waals surface area contributed by atoms with E-state index < -0.39 is 0 Å². The van der Waals surface area contributed by atoms with E-state index in [1.165, 1.54) is 6.42 Å². The van der Waals surface area contributed by atoms with Crippen molar-refractivity contribution in [3.05, 3.63) is 0 Å². The molecule has 1 radical (unpaired) electrons. The quantitative estimate of drug-likeness (QED) is 0.526. The molecule has 47 valence electrons. The minimum absolute atomic E-state index is 0.104. The fourth-order valence-corrected chi connectivity index (χ4v) is 1.07. The molecule has 1 heterocycles. The average molecular weight is 114 g/mol. The third kappa shape index (κ3) is 1.46. The molecule has 2 nitrogen and oxygen atoms in total. The second-order valence-corrected chi connectivity index (χ2v) is 2.38. The van der Waals surface area contributed by atoms with Gasteiger partial charge in [-0.3, -0.25) is 0 Å². The zero-order chi connectivity index (χ0) is 5.82. The standard InChI is InChI=1S/C6H12NO/c8-5-6-2-1-3-7-4-6/h6-7H,1-5H2/t6-/m0/s1. The number of hydrogen-bond acceptors (Lipinski definition) is 1. The lowest BCUT2D eigenvalue weighted by Crippen LogP contribution is -2.31. The summed E-state index contributed by atoms with van der Waals surface area (Å²) in [5.41, 5.74) is 0. The summed E-state index contributed by atoms with van der Waals surface area (Å²) in [6.45, 7) is 2.16. The third-order valence-corrected chi connectivity index (χ3v) is 1.63. The van der Waals surface area contributed by atoms with Gasteiger partial charge in [0, 0.05) is 6.54 Å². The molecule has 0 saturated carbocycles. The molecule has 1 fully saturated rings. The lowest BCUT2D eigenvalue weighted by Gasteiger charge is -2.19. The Labute approximate surface area is 49.9 Å². The Morgan fingerprint density at radius 3 is 2.88 bits per heavy atom. The Bertz CT molecular complexity index is 59.5. The second-order valence-electron chi connectivity index (χ2n) is 2.38. The van der Waals surface area contributed by atoms with Crippen molar-refractivity contribution >= 4 is 0 Å². The highest BCUT2D eigenvalue weighted by Crippen LogP contribution is 2.07. The van der Waals surface area contributed by atoms with Gasteiger partial charge < -0.3 is 5.32 Å². The summed E-state index contributed by atoms with van der Waals surface area (Å²) in [4.78, 5) is 0. The highest BCUT2D eigenvalue weighted by atomic mass is 16.3. The van der Waals surface area contributed by atoms with Crippen LogP contribution in [0.4, 0.5) is 0 Å². The first-order chi connectivity index (χ1) is 3.93. The Hall–Kier alpha value is -0.0800. The maximum Gasteiger partial charge on any atom is 0.0862 e. The summed E-state index contributed by atoms with van der Waals surface area (Å²) in [7, 11) is 0. The monoisotopic (exact) mass is 114 g/mol. The van der Waals surface area contributed by atoms with E-state index in [9.17, 15) is 5.11 Å². The molecular formula is C6H12NO. The van der Waals surface area contributed by atoms with Crippen LogP contribution in [0.15, 0.2) is 0 Å². The molecule has 0 aromatic rings. The lowest BCUT2D eigenvalue weighted by atomic mass is 10.0. The van der Waals surface area contributed by atoms with Crippen LogP contribution in [-0.4, -0.2) is 19.7 Å². The van der Waals surface area contributed by atoms with Gasteiger partial charge in [-0.1, -0.05) is 0 Å². The zero-order valence-corrected chi connectivity index (χ0v) is 5.02. The van der Waals surface area contributed by atoms with Crippen molar-refractivity contribution in [2.45, 2.75) is 12.8 Å². The summed E-state index contributed by atoms with van der Waals surface area (Å²) in [5.74, 6) is 0.420. The van der Waals surface area contributed by atoms with Crippen molar-refractivity contribution in [1.29, 1.82) is 0 Å². The molecule has 0 spiro atoms. The third-order valence-electron chi connectivity index (χ3n) is 1.63. The van der Waals surface area contributed by atoms with Gasteiger partial charge >= 0.3 is 0 Å². The summed E-state index contributed by atoms with van der Waals surface area (Å²) in [6.07, 6.45) is 2.32. The van der Waals surface area contributed by atoms with Crippen LogP contribution in [0, 0.1) is 5.92 Å². The van der Waals surface area contributed by atoms with E-state index in [4.69, 9.17) is 0 Å². The molecular weight excluding hydrogens is 102 g/mol. The summed E-state index contributed by atoms with van der Waals surface area (Å²) in [6, 6.07) is 0. The Kier molecular flexibility index (Phi) is 2.30. The van der Waals surface area contributed by atoms with E-state index in [1.54, 1.807) is 0 Å². The van der Waals surface area contributed by atoms with Crippen molar-refractivity contribution in [1.82, 2.24) is 5.32 Å². The average Bonchev–Trinajstić information content (AvgIpc) is 1.90. The van der Waals surface area contributed by atoms with E-state index in [-0.39, 0.29) is 6.61 Å². The van der Waals surface area contributed by atoms with Gasteiger partial charge in [-0.2, -0.15) is 0 Å². The minimum atomic E-state index is 0.104. The van der Waals surface area contributed by atoms with Crippen LogP contribution in [0.25, 0.3) is 0 Å². The molecule has 1 aliphatic rings. The first-order valence-corrected chi connectivity index (χ1v) is 3.22. The van der Waals surface area contributed by atoms with Crippen LogP contribution < -0.4 is 5.32 Å². The van der Waals surface area contributed by atoms with Crippen molar-refractivity contribution in [3.63, 3.8) is 0 Å². The molecule has 0 unspecified atom stereocenters. The van der Waals surface area contributed by atoms with Gasteiger partial charge in [0.2, 0.25) is 0 Å². The van der Waals surface area contributed by atoms with Crippen molar-refractivity contribution in [2.24, 2.45) is 5.92 Å². The lowest BCUT2D eigenvalue weighted by molar-refractivity contribution is 0.128. The minimum Gasteiger partial charge on any atom is -0.316 e. The fraction of sp³-hybridized carbons (Fsp3) is 1.00. The molecule has 1 saturated heterocycles. The molecule has 1 aliphatic heterocycles. The summed E-state index contributed by atoms with van der Waals surface area (Å²) in [5, 5.41) is 13.4. The smallest absolute Gasteiger partial charge is 0.0862 e. The van der Waals surface area contributed by atoms with E-state index in [0.29, 0.717) is 5.92 Å². The molecule has 8 heavy (non-hydrogen) atoms. The van der Waals surface area contributed by atoms with Crippen molar-refractivity contribution in [3.8, 4) is 0 Å². The van der Waals surface area contributed by atoms with E-state index >= 15 is 0 Å². The SMILES string of the molecule is [O]C[C@H]1CCCNC1. The van der Waals surface area contributed by atoms with Gasteiger partial charge in [0.05, 0.1) is 6.61 Å². The Balaban J connectivity index is 2.13. The maximum atomic E-state index is 10.2. The molecule has 0 aromatic heterocycles. The molecule has 0 aliphatic carbocycles. The first-order valence-electron chi connectivity index (χ1n) is 3.22. The molecule has 1 atom stereocenters. The predicted molar refractivity (Wildman–Crippen MR) is 31.1 cm³/mol. The molecule has 1 rings (SSSR count). The zero-order valence-electron chi connectivity index (χ0n) is 5.02. The van der Waals surface area contributed by atoms with Crippen LogP contribution in [0.2, 0.25) is 0 Å².